The van der Waals surface area contributed by atoms with Crippen LogP contribution >= 0.6 is 162 Å². The van der Waals surface area contributed by atoms with Crippen molar-refractivity contribution >= 4 is 209 Å². The molecule has 690 valence electrons. The Morgan fingerprint density at radius 2 is 0.559 bits per heavy atom. The number of anilines is 4. The van der Waals surface area contributed by atoms with Crippen LogP contribution in [0.4, 0.5) is 22.7 Å². The third-order valence-corrected chi connectivity index (χ3v) is 27.9. The second kappa shape index (κ2) is 45.4. The van der Waals surface area contributed by atoms with E-state index in [0.717, 1.165) is 72.8 Å². The molecular formula is C108H85Cl14N9O5. The summed E-state index contributed by atoms with van der Waals surface area (Å²) in [5.74, 6) is 0.295. The minimum atomic E-state index is -0.135. The van der Waals surface area contributed by atoms with Gasteiger partial charge in [-0.15, -0.1) is 0 Å². The molecule has 15 aromatic rings. The third kappa shape index (κ3) is 23.7. The molecule has 19 rings (SSSR count). The van der Waals surface area contributed by atoms with E-state index in [4.69, 9.17) is 167 Å². The number of rotatable bonds is 15. The number of amides is 4. The molecule has 1 aromatic heterocycles. The van der Waals surface area contributed by atoms with E-state index in [2.05, 4.69) is 36.9 Å². The molecule has 0 spiro atoms. The molecule has 14 aromatic carbocycles. The van der Waals surface area contributed by atoms with E-state index in [1.165, 1.54) is 0 Å². The highest BCUT2D eigenvalue weighted by Crippen LogP contribution is 2.45. The van der Waals surface area contributed by atoms with Crippen molar-refractivity contribution in [3.63, 3.8) is 0 Å². The Kier molecular flexibility index (Phi) is 32.8. The lowest BCUT2D eigenvalue weighted by atomic mass is 9.97. The molecule has 4 unspecified atom stereocenters. The van der Waals surface area contributed by atoms with Gasteiger partial charge in [-0.25, -0.2) is 0 Å². The Labute approximate surface area is 860 Å². The average molecular weight is 2090 g/mol. The summed E-state index contributed by atoms with van der Waals surface area (Å²) in [7, 11) is 0. The van der Waals surface area contributed by atoms with Crippen LogP contribution in [0.1, 0.15) is 93.5 Å². The van der Waals surface area contributed by atoms with Gasteiger partial charge in [0.15, 0.2) is 5.76 Å². The molecule has 4 amide bonds. The Morgan fingerprint density at radius 3 is 0.912 bits per heavy atom. The van der Waals surface area contributed by atoms with Crippen LogP contribution in [0.15, 0.2) is 332 Å². The quantitative estimate of drug-likeness (QED) is 0.0981. The fourth-order valence-corrected chi connectivity index (χ4v) is 20.6. The first-order chi connectivity index (χ1) is 65.7. The van der Waals surface area contributed by atoms with E-state index >= 15 is 0 Å². The Morgan fingerprint density at radius 1 is 0.265 bits per heavy atom. The molecule has 5 heterocycles. The molecule has 0 aliphatic carbocycles. The molecule has 136 heavy (non-hydrogen) atoms. The van der Waals surface area contributed by atoms with Gasteiger partial charge in [0.1, 0.15) is 5.56 Å². The molecule has 28 heteroatoms. The van der Waals surface area contributed by atoms with Gasteiger partial charge >= 0.3 is 0 Å². The lowest BCUT2D eigenvalue weighted by molar-refractivity contribution is 0.0714. The number of aromatic nitrogens is 1. The number of carbonyl (C=O) groups is 4. The highest BCUT2D eigenvalue weighted by molar-refractivity contribution is 6.39. The van der Waals surface area contributed by atoms with Crippen LogP contribution in [0.2, 0.25) is 70.3 Å². The zero-order valence-electron chi connectivity index (χ0n) is 72.8. The first-order valence-corrected chi connectivity index (χ1v) is 48.9. The van der Waals surface area contributed by atoms with Crippen molar-refractivity contribution in [1.82, 2.24) is 24.8 Å². The zero-order chi connectivity index (χ0) is 95.4. The maximum absolute atomic E-state index is 13.8. The lowest BCUT2D eigenvalue weighted by Gasteiger charge is -2.43. The maximum Gasteiger partial charge on any atom is 0.259 e. The topological polar surface area (TPSA) is 120 Å². The summed E-state index contributed by atoms with van der Waals surface area (Å²) in [5, 5.41) is 12.2. The molecule has 0 bridgehead atoms. The molecule has 4 fully saturated rings. The standard InChI is InChI=1S/2C29H23Cl3N2O.C27H22Cl3N3O2.C23H17Cl5N2O/c30-22-12-10-21(11-13-22)28-19-33(16-17-34(28)27-15-14-23(31)18-26(27)32)29(35)25-9-5-4-8-24(25)20-6-2-1-3-7-20;30-24-12-10-22(11-13-24)28-19-33(16-17-34(28)27-15-14-25(31)18-26(27)32)29(35)23-8-6-21(7-9-23)20-4-2-1-3-5-20;1-17-25(26(35-31-17)19-5-3-2-4-6-19)27(34)32-13-14-33(23-12-11-21(29)15-22(23)30)24(16-32)18-7-9-20(28)10-8-18;24-16-3-1-14(2-4-16)22-13-29(23(31)15-9-18(26)11-19(27)10-15)7-8-30(22)21-6-5-17(25)12-20(21)28/h2*1-15,18,28H,16-17,19H2;2-12,15,24H,13-14,16H2,1H3;1-6,9-12,22H,7-8,13H2. The number of halogens is 14. The normalized spacial score (nSPS) is 16.0. The number of aryl methyl sites for hydroxylation is 1. The SMILES string of the molecule is Cc1noc(-c2ccccc2)c1C(=O)N1CCN(c2ccc(Cl)cc2Cl)C(c2ccc(Cl)cc2)C1.O=C(c1cc(Cl)cc(Cl)c1)N1CCN(c2ccc(Cl)cc2Cl)C(c2ccc(Cl)cc2)C1.O=C(c1ccc(-c2ccccc2)cc1)N1CCN(c2ccc(Cl)cc2Cl)C(c2ccc(Cl)cc2)C1.O=C(c1ccccc1-c1ccccc1)N1CCN(c2ccc(Cl)cc2Cl)C(c2ccc(Cl)cc2)C1. The lowest BCUT2D eigenvalue weighted by Crippen LogP contribution is -2.50. The van der Waals surface area contributed by atoms with Crippen LogP contribution in [-0.2, 0) is 0 Å². The number of nitrogens with zero attached hydrogens (tertiary/aromatic N) is 9. The maximum atomic E-state index is 13.8. The van der Waals surface area contributed by atoms with E-state index in [1.54, 1.807) is 49.4 Å². The summed E-state index contributed by atoms with van der Waals surface area (Å²) >= 11 is 87.6. The van der Waals surface area contributed by atoms with E-state index in [0.29, 0.717) is 183 Å². The van der Waals surface area contributed by atoms with Crippen LogP contribution in [0.3, 0.4) is 0 Å². The summed E-state index contributed by atoms with van der Waals surface area (Å²) in [5.41, 5.74) is 15.6. The van der Waals surface area contributed by atoms with Gasteiger partial charge in [0, 0.05) is 151 Å². The molecule has 4 saturated heterocycles. The summed E-state index contributed by atoms with van der Waals surface area (Å²) in [6, 6.07) is 103. The Balaban J connectivity index is 0.000000132. The molecule has 4 atom stereocenters. The molecule has 4 aliphatic rings. The fourth-order valence-electron chi connectivity index (χ4n) is 17.5. The highest BCUT2D eigenvalue weighted by Gasteiger charge is 2.39. The van der Waals surface area contributed by atoms with E-state index in [1.807, 2.05) is 293 Å². The molecule has 0 radical (unpaired) electrons. The second-order valence-electron chi connectivity index (χ2n) is 32.8. The number of piperazine rings is 4. The van der Waals surface area contributed by atoms with Gasteiger partial charge in [0.25, 0.3) is 23.6 Å². The second-order valence-corrected chi connectivity index (χ2v) is 38.8. The van der Waals surface area contributed by atoms with Crippen molar-refractivity contribution in [1.29, 1.82) is 0 Å². The van der Waals surface area contributed by atoms with Gasteiger partial charge in [0.05, 0.1) is 72.7 Å². The van der Waals surface area contributed by atoms with Crippen molar-refractivity contribution in [3.05, 3.63) is 448 Å². The van der Waals surface area contributed by atoms with E-state index in [9.17, 15) is 19.2 Å². The smallest absolute Gasteiger partial charge is 0.259 e. The molecule has 4 aliphatic heterocycles. The van der Waals surface area contributed by atoms with Crippen molar-refractivity contribution < 1.29 is 23.7 Å². The van der Waals surface area contributed by atoms with E-state index < -0.39 is 0 Å². The van der Waals surface area contributed by atoms with Gasteiger partial charge in [0.2, 0.25) is 0 Å². The van der Waals surface area contributed by atoms with E-state index in [-0.39, 0.29) is 47.8 Å². The largest absolute Gasteiger partial charge is 0.360 e. The molecular weight excluding hydrogens is 2000 g/mol. The molecule has 14 nitrogen and oxygen atoms in total. The third-order valence-electron chi connectivity index (χ3n) is 24.3. The van der Waals surface area contributed by atoms with Gasteiger partial charge in [-0.1, -0.05) is 337 Å². The first kappa shape index (κ1) is 98.5. The van der Waals surface area contributed by atoms with Gasteiger partial charge < -0.3 is 43.7 Å². The average Bonchev–Trinajstić information content (AvgIpc) is 1.21. The number of carbonyl (C=O) groups excluding carboxylic acids is 4. The summed E-state index contributed by atoms with van der Waals surface area (Å²) < 4.78 is 5.58. The molecule has 0 saturated carbocycles. The van der Waals surface area contributed by atoms with Crippen LogP contribution in [0, 0.1) is 6.92 Å². The van der Waals surface area contributed by atoms with Crippen molar-refractivity contribution in [2.45, 2.75) is 31.1 Å². The van der Waals surface area contributed by atoms with Crippen molar-refractivity contribution in [2.24, 2.45) is 0 Å². The van der Waals surface area contributed by atoms with Gasteiger partial charge in [-0.3, -0.25) is 19.2 Å². The van der Waals surface area contributed by atoms with Gasteiger partial charge in [-0.05, 0) is 209 Å². The monoisotopic (exact) mass is 2080 g/mol. The first-order valence-electron chi connectivity index (χ1n) is 43.6. The number of hydrogen-bond donors (Lipinski definition) is 0. The Hall–Kier alpha value is -10.6. The summed E-state index contributed by atoms with van der Waals surface area (Å²) in [6.45, 7) is 8.41. The minimum Gasteiger partial charge on any atom is -0.360 e. The molecule has 0 N–H and O–H groups in total. The van der Waals surface area contributed by atoms with Crippen LogP contribution in [-0.4, -0.2) is 127 Å². The minimum absolute atomic E-state index is 0.0188. The predicted molar refractivity (Wildman–Crippen MR) is 563 cm³/mol. The summed E-state index contributed by atoms with van der Waals surface area (Å²) in [6.07, 6.45) is 0. The van der Waals surface area contributed by atoms with Crippen LogP contribution in [0.5, 0.6) is 0 Å². The van der Waals surface area contributed by atoms with Crippen LogP contribution < -0.4 is 19.6 Å². The predicted octanol–water partition coefficient (Wildman–Crippen LogP) is 31.0. The fraction of sp³-hybridized carbons (Fsp3) is 0.157. The highest BCUT2D eigenvalue weighted by atomic mass is 35.5. The Bertz CT molecular complexity index is 6740. The van der Waals surface area contributed by atoms with Gasteiger partial charge in [-0.2, -0.15) is 0 Å². The van der Waals surface area contributed by atoms with Crippen molar-refractivity contribution in [3.8, 4) is 33.6 Å². The zero-order valence-corrected chi connectivity index (χ0v) is 83.4. The van der Waals surface area contributed by atoms with Crippen molar-refractivity contribution in [2.75, 3.05) is 98.1 Å². The summed E-state index contributed by atoms with van der Waals surface area (Å²) in [4.78, 5) is 70.7. The van der Waals surface area contributed by atoms with Crippen LogP contribution in [0.25, 0.3) is 33.6 Å². The number of benzene rings is 14. The number of hydrogen-bond acceptors (Lipinski definition) is 10.